The first kappa shape index (κ1) is 22.4. The van der Waals surface area contributed by atoms with Crippen LogP contribution in [0.25, 0.3) is 0 Å². The number of amides is 1. The molecule has 1 aromatic carbocycles. The molecule has 3 rings (SSSR count). The minimum atomic E-state index is -0.592. The summed E-state index contributed by atoms with van der Waals surface area (Å²) in [5, 5.41) is 14.8. The number of nitrogens with two attached hydrogens (primary N) is 1. The molecule has 8 nitrogen and oxygen atoms in total. The Labute approximate surface area is 189 Å². The van der Waals surface area contributed by atoms with Gasteiger partial charge in [-0.05, 0) is 48.8 Å². The van der Waals surface area contributed by atoms with Crippen LogP contribution < -0.4 is 16.4 Å². The van der Waals surface area contributed by atoms with Gasteiger partial charge < -0.3 is 16.4 Å². The molecule has 5 N–H and O–H groups in total. The first-order valence-corrected chi connectivity index (χ1v) is 10.4. The highest BCUT2D eigenvalue weighted by atomic mass is 79.9. The molecule has 0 saturated carbocycles. The summed E-state index contributed by atoms with van der Waals surface area (Å²) in [5.41, 5.74) is 8.28. The second-order valence-electron chi connectivity index (χ2n) is 7.76. The molecule has 0 unspecified atom stereocenters. The Morgan fingerprint density at radius 2 is 1.87 bits per heavy atom. The molecule has 1 amide bonds. The molecule has 3 aromatic rings. The number of halogens is 1. The standard InChI is InChI=1S/C22H24BrN7O/c1-13-7-9-14(10-8-13)18(24)17-19(25)27-12-28-20(17)30-22(2,3)11-26-21(31)15-5-4-6-16(23)29-15/h4-10,12,24H,11H2,1-3H3,(H,26,31)(H3,25,27,28,30). The van der Waals surface area contributed by atoms with E-state index in [0.717, 1.165) is 5.56 Å². The van der Waals surface area contributed by atoms with Crippen molar-refractivity contribution in [1.82, 2.24) is 20.3 Å². The zero-order chi connectivity index (χ0) is 22.6. The molecular weight excluding hydrogens is 458 g/mol. The van der Waals surface area contributed by atoms with E-state index in [1.54, 1.807) is 18.2 Å². The number of rotatable bonds is 7. The molecule has 2 aromatic heterocycles. The van der Waals surface area contributed by atoms with Crippen LogP contribution in [0, 0.1) is 12.3 Å². The van der Waals surface area contributed by atoms with Crippen LogP contribution in [0.4, 0.5) is 11.6 Å². The van der Waals surface area contributed by atoms with Crippen molar-refractivity contribution in [3.05, 3.63) is 75.8 Å². The highest BCUT2D eigenvalue weighted by Crippen LogP contribution is 2.24. The maximum atomic E-state index is 12.4. The summed E-state index contributed by atoms with van der Waals surface area (Å²) in [6.07, 6.45) is 1.35. The first-order chi connectivity index (χ1) is 14.7. The van der Waals surface area contributed by atoms with Gasteiger partial charge in [0.2, 0.25) is 0 Å². The second kappa shape index (κ2) is 9.22. The van der Waals surface area contributed by atoms with Gasteiger partial charge in [-0.1, -0.05) is 35.9 Å². The van der Waals surface area contributed by atoms with Gasteiger partial charge in [-0.15, -0.1) is 0 Å². The Morgan fingerprint density at radius 1 is 1.16 bits per heavy atom. The van der Waals surface area contributed by atoms with Crippen LogP contribution in [-0.4, -0.2) is 38.7 Å². The van der Waals surface area contributed by atoms with Crippen molar-refractivity contribution < 1.29 is 4.79 Å². The van der Waals surface area contributed by atoms with E-state index in [2.05, 4.69) is 41.5 Å². The molecule has 0 atom stereocenters. The normalized spacial score (nSPS) is 11.1. The maximum Gasteiger partial charge on any atom is 0.270 e. The lowest BCUT2D eigenvalue weighted by Gasteiger charge is -2.28. The summed E-state index contributed by atoms with van der Waals surface area (Å²) in [4.78, 5) is 25.0. The number of aryl methyl sites for hydroxylation is 1. The lowest BCUT2D eigenvalue weighted by atomic mass is 10.00. The van der Waals surface area contributed by atoms with E-state index in [1.165, 1.54) is 6.33 Å². The van der Waals surface area contributed by atoms with Gasteiger partial charge in [0, 0.05) is 12.1 Å². The molecule has 0 aliphatic heterocycles. The molecule has 2 heterocycles. The largest absolute Gasteiger partial charge is 0.383 e. The highest BCUT2D eigenvalue weighted by Gasteiger charge is 2.24. The van der Waals surface area contributed by atoms with Crippen LogP contribution in [0.15, 0.2) is 53.4 Å². The van der Waals surface area contributed by atoms with E-state index in [-0.39, 0.29) is 17.4 Å². The summed E-state index contributed by atoms with van der Waals surface area (Å²) in [6, 6.07) is 12.8. The van der Waals surface area contributed by atoms with Gasteiger partial charge in [0.05, 0.1) is 16.8 Å². The number of aromatic nitrogens is 3. The third-order valence-corrected chi connectivity index (χ3v) is 5.00. The van der Waals surface area contributed by atoms with Crippen molar-refractivity contribution in [3.63, 3.8) is 0 Å². The van der Waals surface area contributed by atoms with Crippen LogP contribution in [0.1, 0.15) is 41.0 Å². The summed E-state index contributed by atoms with van der Waals surface area (Å²) >= 11 is 3.27. The molecule has 0 radical (unpaired) electrons. The number of hydrogen-bond donors (Lipinski definition) is 4. The Bertz CT molecular complexity index is 1110. The van der Waals surface area contributed by atoms with Gasteiger partial charge in [-0.25, -0.2) is 15.0 Å². The number of nitrogens with one attached hydrogen (secondary N) is 3. The monoisotopic (exact) mass is 481 g/mol. The molecule has 0 bridgehead atoms. The number of anilines is 2. The number of nitrogen functional groups attached to an aromatic ring is 1. The van der Waals surface area contributed by atoms with Gasteiger partial charge in [-0.3, -0.25) is 10.2 Å². The van der Waals surface area contributed by atoms with Gasteiger partial charge in [0.15, 0.2) is 0 Å². The Morgan fingerprint density at radius 3 is 2.55 bits per heavy atom. The Balaban J connectivity index is 1.78. The number of nitrogens with zero attached hydrogens (tertiary/aromatic N) is 3. The van der Waals surface area contributed by atoms with Crippen LogP contribution in [0.5, 0.6) is 0 Å². The maximum absolute atomic E-state index is 12.4. The quantitative estimate of drug-likeness (QED) is 0.301. The van der Waals surface area contributed by atoms with Gasteiger partial charge in [-0.2, -0.15) is 0 Å². The molecule has 0 aliphatic rings. The average Bonchev–Trinajstić information content (AvgIpc) is 2.72. The van der Waals surface area contributed by atoms with Crippen LogP contribution >= 0.6 is 15.9 Å². The molecule has 160 valence electrons. The van der Waals surface area contributed by atoms with Crippen LogP contribution in [0.3, 0.4) is 0 Å². The molecule has 0 fully saturated rings. The average molecular weight is 482 g/mol. The summed E-state index contributed by atoms with van der Waals surface area (Å²) < 4.78 is 0.591. The lowest BCUT2D eigenvalue weighted by molar-refractivity contribution is 0.0942. The van der Waals surface area contributed by atoms with Crippen molar-refractivity contribution >= 4 is 39.2 Å². The molecule has 0 spiro atoms. The van der Waals surface area contributed by atoms with E-state index < -0.39 is 5.54 Å². The van der Waals surface area contributed by atoms with Gasteiger partial charge >= 0.3 is 0 Å². The van der Waals surface area contributed by atoms with E-state index in [1.807, 2.05) is 45.0 Å². The summed E-state index contributed by atoms with van der Waals surface area (Å²) in [7, 11) is 0. The van der Waals surface area contributed by atoms with Crippen molar-refractivity contribution in [1.29, 1.82) is 5.41 Å². The van der Waals surface area contributed by atoms with Gasteiger partial charge in [0.25, 0.3) is 5.91 Å². The van der Waals surface area contributed by atoms with E-state index in [4.69, 9.17) is 11.1 Å². The number of carbonyl (C=O) groups excluding carboxylic acids is 1. The topological polar surface area (TPSA) is 130 Å². The predicted molar refractivity (Wildman–Crippen MR) is 126 cm³/mol. The zero-order valence-corrected chi connectivity index (χ0v) is 19.1. The lowest BCUT2D eigenvalue weighted by Crippen LogP contribution is -2.44. The first-order valence-electron chi connectivity index (χ1n) is 9.62. The van der Waals surface area contributed by atoms with Crippen LogP contribution in [-0.2, 0) is 0 Å². The van der Waals surface area contributed by atoms with Crippen molar-refractivity contribution in [2.75, 3.05) is 17.6 Å². The van der Waals surface area contributed by atoms with E-state index >= 15 is 0 Å². The number of benzene rings is 1. The second-order valence-corrected chi connectivity index (χ2v) is 8.57. The number of carbonyl (C=O) groups is 1. The molecule has 0 aliphatic carbocycles. The fraction of sp³-hybridized carbons (Fsp3) is 0.227. The Kier molecular flexibility index (Phi) is 6.65. The summed E-state index contributed by atoms with van der Waals surface area (Å²) in [6.45, 7) is 6.11. The van der Waals surface area contributed by atoms with Crippen molar-refractivity contribution in [2.24, 2.45) is 0 Å². The number of hydrogen-bond acceptors (Lipinski definition) is 7. The van der Waals surface area contributed by atoms with E-state index in [0.29, 0.717) is 33.8 Å². The summed E-state index contributed by atoms with van der Waals surface area (Å²) in [5.74, 6) is 0.352. The van der Waals surface area contributed by atoms with Crippen molar-refractivity contribution in [3.8, 4) is 0 Å². The molecule has 31 heavy (non-hydrogen) atoms. The fourth-order valence-corrected chi connectivity index (χ4v) is 3.24. The third kappa shape index (κ3) is 5.64. The SMILES string of the molecule is Cc1ccc(C(=N)c2c(N)ncnc2NC(C)(C)CNC(=O)c2cccc(Br)n2)cc1. The minimum Gasteiger partial charge on any atom is -0.383 e. The van der Waals surface area contributed by atoms with Gasteiger partial charge in [0.1, 0.15) is 28.3 Å². The van der Waals surface area contributed by atoms with E-state index in [9.17, 15) is 4.79 Å². The Hall–Kier alpha value is -3.33. The smallest absolute Gasteiger partial charge is 0.270 e. The number of pyridine rings is 1. The fourth-order valence-electron chi connectivity index (χ4n) is 2.90. The molecule has 0 saturated heterocycles. The van der Waals surface area contributed by atoms with Crippen LogP contribution in [0.2, 0.25) is 0 Å². The highest BCUT2D eigenvalue weighted by molar-refractivity contribution is 9.10. The molecule has 9 heteroatoms. The molecular formula is C22H24BrN7O. The minimum absolute atomic E-state index is 0.209. The third-order valence-electron chi connectivity index (χ3n) is 4.56. The zero-order valence-electron chi connectivity index (χ0n) is 17.5. The van der Waals surface area contributed by atoms with Crippen molar-refractivity contribution in [2.45, 2.75) is 26.3 Å². The predicted octanol–water partition coefficient (Wildman–Crippen LogP) is 3.56.